The van der Waals surface area contributed by atoms with Crippen LogP contribution < -0.4 is 4.74 Å². The van der Waals surface area contributed by atoms with E-state index in [0.717, 1.165) is 4.31 Å². The molecule has 0 unspecified atom stereocenters. The molecule has 0 aliphatic heterocycles. The molecule has 0 aromatic heterocycles. The summed E-state index contributed by atoms with van der Waals surface area (Å²) >= 11 is 6.04. The average Bonchev–Trinajstić information content (AvgIpc) is 2.50. The van der Waals surface area contributed by atoms with Crippen LogP contribution in [0.15, 0.2) is 23.1 Å². The SMILES string of the molecule is CCOc1ccc(S(=O)(=O)N(C)CC(=O)N(CC)CC)cc1Cl. The van der Waals surface area contributed by atoms with E-state index in [1.54, 1.807) is 4.90 Å². The number of sulfonamides is 1. The van der Waals surface area contributed by atoms with Gasteiger partial charge >= 0.3 is 0 Å². The number of hydrogen-bond acceptors (Lipinski definition) is 4. The summed E-state index contributed by atoms with van der Waals surface area (Å²) in [7, 11) is -2.42. The van der Waals surface area contributed by atoms with Crippen molar-refractivity contribution in [3.05, 3.63) is 23.2 Å². The molecule has 6 nitrogen and oxygen atoms in total. The summed E-state index contributed by atoms with van der Waals surface area (Å²) in [6.07, 6.45) is 0. The lowest BCUT2D eigenvalue weighted by molar-refractivity contribution is -0.130. The van der Waals surface area contributed by atoms with Gasteiger partial charge in [0.1, 0.15) is 5.75 Å². The van der Waals surface area contributed by atoms with E-state index in [0.29, 0.717) is 25.4 Å². The van der Waals surface area contributed by atoms with Gasteiger partial charge in [-0.3, -0.25) is 4.79 Å². The first-order chi connectivity index (χ1) is 10.8. The zero-order valence-corrected chi connectivity index (χ0v) is 15.4. The fraction of sp³-hybridized carbons (Fsp3) is 0.533. The molecular weight excluding hydrogens is 340 g/mol. The van der Waals surface area contributed by atoms with Gasteiger partial charge in [-0.25, -0.2) is 8.42 Å². The Labute approximate surface area is 143 Å². The first-order valence-electron chi connectivity index (χ1n) is 7.44. The lowest BCUT2D eigenvalue weighted by Crippen LogP contribution is -2.40. The van der Waals surface area contributed by atoms with Crippen molar-refractivity contribution < 1.29 is 17.9 Å². The predicted molar refractivity (Wildman–Crippen MR) is 90.4 cm³/mol. The van der Waals surface area contributed by atoms with Crippen molar-refractivity contribution in [3.8, 4) is 5.75 Å². The van der Waals surface area contributed by atoms with Crippen molar-refractivity contribution in [2.75, 3.05) is 33.3 Å². The number of benzene rings is 1. The Balaban J connectivity index is 2.97. The molecule has 1 aromatic carbocycles. The van der Waals surface area contributed by atoms with Gasteiger partial charge in [-0.15, -0.1) is 0 Å². The maximum absolute atomic E-state index is 12.5. The number of ether oxygens (including phenoxy) is 1. The van der Waals surface area contributed by atoms with Gasteiger partial charge in [0.05, 0.1) is 23.1 Å². The van der Waals surface area contributed by atoms with E-state index in [-0.39, 0.29) is 22.4 Å². The van der Waals surface area contributed by atoms with Crippen LogP contribution in [0.5, 0.6) is 5.75 Å². The second kappa shape index (κ2) is 8.52. The highest BCUT2D eigenvalue weighted by molar-refractivity contribution is 7.89. The van der Waals surface area contributed by atoms with E-state index in [1.165, 1.54) is 25.2 Å². The summed E-state index contributed by atoms with van der Waals surface area (Å²) in [6.45, 7) is 6.81. The molecule has 0 aliphatic carbocycles. The smallest absolute Gasteiger partial charge is 0.243 e. The molecule has 0 N–H and O–H groups in total. The minimum absolute atomic E-state index is 0.0285. The normalized spacial score (nSPS) is 11.6. The summed E-state index contributed by atoms with van der Waals surface area (Å²) in [5, 5.41) is 0.219. The van der Waals surface area contributed by atoms with Crippen LogP contribution in [0, 0.1) is 0 Å². The van der Waals surface area contributed by atoms with Crippen LogP contribution in [0.2, 0.25) is 5.02 Å². The lowest BCUT2D eigenvalue weighted by Gasteiger charge is -2.23. The van der Waals surface area contributed by atoms with Gasteiger partial charge in [0.2, 0.25) is 15.9 Å². The van der Waals surface area contributed by atoms with E-state index in [1.807, 2.05) is 20.8 Å². The second-order valence-corrected chi connectivity index (χ2v) is 7.30. The number of amides is 1. The van der Waals surface area contributed by atoms with Crippen LogP contribution in [-0.2, 0) is 14.8 Å². The van der Waals surface area contributed by atoms with Crippen LogP contribution in [0.3, 0.4) is 0 Å². The van der Waals surface area contributed by atoms with E-state index in [9.17, 15) is 13.2 Å². The molecule has 0 spiro atoms. The minimum Gasteiger partial charge on any atom is -0.492 e. The van der Waals surface area contributed by atoms with E-state index in [2.05, 4.69) is 0 Å². The monoisotopic (exact) mass is 362 g/mol. The van der Waals surface area contributed by atoms with Crippen LogP contribution in [0.1, 0.15) is 20.8 Å². The van der Waals surface area contributed by atoms with Crippen molar-refractivity contribution in [2.45, 2.75) is 25.7 Å². The Bertz CT molecular complexity index is 645. The lowest BCUT2D eigenvalue weighted by atomic mass is 10.3. The van der Waals surface area contributed by atoms with Gasteiger partial charge in [-0.05, 0) is 39.0 Å². The molecule has 8 heteroatoms. The number of halogens is 1. The average molecular weight is 363 g/mol. The largest absolute Gasteiger partial charge is 0.492 e. The Morgan fingerprint density at radius 1 is 1.22 bits per heavy atom. The molecule has 1 amide bonds. The van der Waals surface area contributed by atoms with Gasteiger partial charge in [-0.1, -0.05) is 11.6 Å². The van der Waals surface area contributed by atoms with Crippen molar-refractivity contribution in [1.82, 2.24) is 9.21 Å². The number of nitrogens with zero attached hydrogens (tertiary/aromatic N) is 2. The highest BCUT2D eigenvalue weighted by Crippen LogP contribution is 2.28. The van der Waals surface area contributed by atoms with Gasteiger partial charge in [0, 0.05) is 20.1 Å². The molecule has 130 valence electrons. The topological polar surface area (TPSA) is 66.9 Å². The van der Waals surface area contributed by atoms with Crippen LogP contribution in [-0.4, -0.2) is 56.8 Å². The van der Waals surface area contributed by atoms with Crippen LogP contribution in [0.4, 0.5) is 0 Å². The van der Waals surface area contributed by atoms with Gasteiger partial charge in [0.15, 0.2) is 0 Å². The summed E-state index contributed by atoms with van der Waals surface area (Å²) in [4.78, 5) is 13.7. The van der Waals surface area contributed by atoms with Gasteiger partial charge < -0.3 is 9.64 Å². The Kier molecular flexibility index (Phi) is 7.31. The maximum atomic E-state index is 12.5. The molecule has 23 heavy (non-hydrogen) atoms. The van der Waals surface area contributed by atoms with Crippen molar-refractivity contribution in [1.29, 1.82) is 0 Å². The van der Waals surface area contributed by atoms with Crippen molar-refractivity contribution in [3.63, 3.8) is 0 Å². The summed E-state index contributed by atoms with van der Waals surface area (Å²) in [5.74, 6) is 0.188. The number of hydrogen-bond donors (Lipinski definition) is 0. The molecule has 0 radical (unpaired) electrons. The third-order valence-electron chi connectivity index (χ3n) is 3.39. The zero-order chi connectivity index (χ0) is 17.6. The van der Waals surface area contributed by atoms with E-state index >= 15 is 0 Å². The molecule has 0 bridgehead atoms. The fourth-order valence-electron chi connectivity index (χ4n) is 2.05. The van der Waals surface area contributed by atoms with Gasteiger partial charge in [-0.2, -0.15) is 4.31 Å². The first-order valence-corrected chi connectivity index (χ1v) is 9.26. The van der Waals surface area contributed by atoms with Crippen LogP contribution in [0.25, 0.3) is 0 Å². The molecule has 0 heterocycles. The van der Waals surface area contributed by atoms with Crippen molar-refractivity contribution >= 4 is 27.5 Å². The fourth-order valence-corrected chi connectivity index (χ4v) is 3.49. The minimum atomic E-state index is -3.79. The number of likely N-dealkylation sites (N-methyl/N-ethyl adjacent to an activating group) is 2. The van der Waals surface area contributed by atoms with Gasteiger partial charge in [0.25, 0.3) is 0 Å². The maximum Gasteiger partial charge on any atom is 0.243 e. The Morgan fingerprint density at radius 2 is 1.83 bits per heavy atom. The summed E-state index contributed by atoms with van der Waals surface area (Å²) in [5.41, 5.74) is 0. The Morgan fingerprint density at radius 3 is 2.30 bits per heavy atom. The molecule has 1 rings (SSSR count). The highest BCUT2D eigenvalue weighted by Gasteiger charge is 2.25. The molecule has 0 saturated carbocycles. The van der Waals surface area contributed by atoms with E-state index < -0.39 is 10.0 Å². The standard InChI is InChI=1S/C15H23ClN2O4S/c1-5-18(6-2)15(19)11-17(4)23(20,21)12-8-9-14(22-7-3)13(16)10-12/h8-10H,5-7,11H2,1-4H3. The number of rotatable bonds is 8. The molecular formula is C15H23ClN2O4S. The Hall–Kier alpha value is -1.31. The summed E-state index contributed by atoms with van der Waals surface area (Å²) in [6, 6.07) is 4.27. The van der Waals surface area contributed by atoms with E-state index in [4.69, 9.17) is 16.3 Å². The summed E-state index contributed by atoms with van der Waals surface area (Å²) < 4.78 is 31.4. The molecule has 0 fully saturated rings. The second-order valence-electron chi connectivity index (χ2n) is 4.85. The van der Waals surface area contributed by atoms with Crippen molar-refractivity contribution in [2.24, 2.45) is 0 Å². The molecule has 1 aromatic rings. The van der Waals surface area contributed by atoms with Crippen LogP contribution >= 0.6 is 11.6 Å². The third-order valence-corrected chi connectivity index (χ3v) is 5.48. The molecule has 0 aliphatic rings. The predicted octanol–water partition coefficient (Wildman–Crippen LogP) is 2.23. The quantitative estimate of drug-likeness (QED) is 0.711. The zero-order valence-electron chi connectivity index (χ0n) is 13.9. The number of carbonyl (C=O) groups excluding carboxylic acids is 1. The first kappa shape index (κ1) is 19.7. The highest BCUT2D eigenvalue weighted by atomic mass is 35.5. The molecule has 0 saturated heterocycles. The molecule has 0 atom stereocenters. The number of carbonyl (C=O) groups is 1. The third kappa shape index (κ3) is 4.83.